The van der Waals surface area contributed by atoms with Gasteiger partial charge in [-0.25, -0.2) is 9.48 Å². The number of piperidine rings is 1. The smallest absolute Gasteiger partial charge is 0.346 e. The molecule has 0 radical (unpaired) electrons. The van der Waals surface area contributed by atoms with Gasteiger partial charge in [0.15, 0.2) is 0 Å². The van der Waals surface area contributed by atoms with Crippen molar-refractivity contribution in [3.05, 3.63) is 20.8 Å². The van der Waals surface area contributed by atoms with Gasteiger partial charge in [-0.05, 0) is 19.4 Å². The van der Waals surface area contributed by atoms with Crippen molar-refractivity contribution in [3.8, 4) is 0 Å². The summed E-state index contributed by atoms with van der Waals surface area (Å²) in [6.07, 6.45) is 3.51. The standard InChI is InChI=1S/C11H19N5O2/c1-15-10(17)9(14-16(2)11(15)18)13-7-8-5-3-4-6-12-8/h8,12H,3-7H2,1-2H3,(H,13,14). The van der Waals surface area contributed by atoms with Crippen LogP contribution in [0.3, 0.4) is 0 Å². The molecule has 7 nitrogen and oxygen atoms in total. The molecule has 18 heavy (non-hydrogen) atoms. The molecule has 2 N–H and O–H groups in total. The zero-order chi connectivity index (χ0) is 13.1. The van der Waals surface area contributed by atoms with Crippen molar-refractivity contribution in [2.75, 3.05) is 18.4 Å². The Bertz CT molecular complexity index is 527. The molecular formula is C11H19N5O2. The van der Waals surface area contributed by atoms with Crippen LogP contribution in [-0.2, 0) is 14.1 Å². The first-order valence-electron chi connectivity index (χ1n) is 6.21. The Morgan fingerprint density at radius 1 is 1.39 bits per heavy atom. The van der Waals surface area contributed by atoms with Crippen LogP contribution >= 0.6 is 0 Å². The van der Waals surface area contributed by atoms with E-state index in [1.165, 1.54) is 26.9 Å². The topological polar surface area (TPSA) is 81.0 Å². The van der Waals surface area contributed by atoms with E-state index in [2.05, 4.69) is 15.7 Å². The maximum Gasteiger partial charge on any atom is 0.346 e. The van der Waals surface area contributed by atoms with Gasteiger partial charge in [0, 0.05) is 26.7 Å². The summed E-state index contributed by atoms with van der Waals surface area (Å²) < 4.78 is 2.22. The lowest BCUT2D eigenvalue weighted by Gasteiger charge is -2.23. The quantitative estimate of drug-likeness (QED) is 0.724. The van der Waals surface area contributed by atoms with Gasteiger partial charge in [0.25, 0.3) is 5.56 Å². The Hall–Kier alpha value is -1.63. The van der Waals surface area contributed by atoms with Crippen molar-refractivity contribution in [2.24, 2.45) is 14.1 Å². The van der Waals surface area contributed by atoms with Crippen molar-refractivity contribution in [1.29, 1.82) is 0 Å². The van der Waals surface area contributed by atoms with Crippen molar-refractivity contribution in [3.63, 3.8) is 0 Å². The number of anilines is 1. The maximum absolute atomic E-state index is 11.8. The van der Waals surface area contributed by atoms with E-state index in [0.29, 0.717) is 12.6 Å². The summed E-state index contributed by atoms with van der Waals surface area (Å²) in [4.78, 5) is 23.3. The molecule has 0 bridgehead atoms. The number of aryl methyl sites for hydroxylation is 1. The van der Waals surface area contributed by atoms with Crippen LogP contribution in [0.15, 0.2) is 9.59 Å². The van der Waals surface area contributed by atoms with Gasteiger partial charge in [0.2, 0.25) is 5.82 Å². The monoisotopic (exact) mass is 253 g/mol. The summed E-state index contributed by atoms with van der Waals surface area (Å²) >= 11 is 0. The highest BCUT2D eigenvalue weighted by molar-refractivity contribution is 5.29. The molecule has 2 rings (SSSR count). The van der Waals surface area contributed by atoms with Crippen molar-refractivity contribution < 1.29 is 0 Å². The normalized spacial score (nSPS) is 19.8. The van der Waals surface area contributed by atoms with Crippen LogP contribution in [0, 0.1) is 0 Å². The molecule has 1 fully saturated rings. The number of aromatic nitrogens is 3. The van der Waals surface area contributed by atoms with Crippen LogP contribution in [0.4, 0.5) is 5.82 Å². The second-order valence-corrected chi connectivity index (χ2v) is 4.65. The predicted molar refractivity (Wildman–Crippen MR) is 68.9 cm³/mol. The summed E-state index contributed by atoms with van der Waals surface area (Å²) in [6, 6.07) is 0.363. The van der Waals surface area contributed by atoms with Crippen LogP contribution in [0.25, 0.3) is 0 Å². The van der Waals surface area contributed by atoms with Gasteiger partial charge in [-0.1, -0.05) is 6.42 Å². The van der Waals surface area contributed by atoms with Gasteiger partial charge in [0.1, 0.15) is 0 Å². The maximum atomic E-state index is 11.8. The number of hydrogen-bond acceptors (Lipinski definition) is 5. The summed E-state index contributed by atoms with van der Waals surface area (Å²) in [5.74, 6) is 0.229. The lowest BCUT2D eigenvalue weighted by Crippen LogP contribution is -2.43. The van der Waals surface area contributed by atoms with Crippen LogP contribution in [-0.4, -0.2) is 33.5 Å². The zero-order valence-corrected chi connectivity index (χ0v) is 10.8. The van der Waals surface area contributed by atoms with E-state index in [-0.39, 0.29) is 11.4 Å². The molecule has 1 saturated heterocycles. The average Bonchev–Trinajstić information content (AvgIpc) is 2.40. The Labute approximate surface area is 105 Å². The molecule has 0 aromatic carbocycles. The lowest BCUT2D eigenvalue weighted by molar-refractivity contribution is 0.413. The van der Waals surface area contributed by atoms with E-state index in [4.69, 9.17) is 0 Å². The second-order valence-electron chi connectivity index (χ2n) is 4.65. The first-order chi connectivity index (χ1) is 8.59. The third kappa shape index (κ3) is 2.61. The molecule has 1 atom stereocenters. The minimum atomic E-state index is -0.415. The molecule has 1 unspecified atom stereocenters. The summed E-state index contributed by atoms with van der Waals surface area (Å²) in [5.41, 5.74) is -0.796. The second kappa shape index (κ2) is 5.34. The minimum absolute atomic E-state index is 0.229. The Balaban J connectivity index is 2.10. The van der Waals surface area contributed by atoms with Gasteiger partial charge in [-0.2, -0.15) is 0 Å². The Morgan fingerprint density at radius 3 is 2.83 bits per heavy atom. The Morgan fingerprint density at radius 2 is 2.17 bits per heavy atom. The van der Waals surface area contributed by atoms with E-state index in [1.807, 2.05) is 0 Å². The van der Waals surface area contributed by atoms with Gasteiger partial charge < -0.3 is 10.6 Å². The van der Waals surface area contributed by atoms with Gasteiger partial charge in [-0.3, -0.25) is 9.36 Å². The lowest BCUT2D eigenvalue weighted by atomic mass is 10.1. The minimum Gasteiger partial charge on any atom is -0.362 e. The highest BCUT2D eigenvalue weighted by Crippen LogP contribution is 2.06. The summed E-state index contributed by atoms with van der Waals surface area (Å²) in [5, 5.41) is 10.4. The van der Waals surface area contributed by atoms with Crippen molar-refractivity contribution in [2.45, 2.75) is 25.3 Å². The number of hydrogen-bond donors (Lipinski definition) is 2. The molecule has 7 heteroatoms. The zero-order valence-electron chi connectivity index (χ0n) is 10.8. The molecule has 100 valence electrons. The van der Waals surface area contributed by atoms with Crippen LogP contribution in [0.5, 0.6) is 0 Å². The van der Waals surface area contributed by atoms with E-state index in [1.54, 1.807) is 0 Å². The van der Waals surface area contributed by atoms with Gasteiger partial charge >= 0.3 is 5.69 Å². The third-order valence-electron chi connectivity index (χ3n) is 3.25. The fraction of sp³-hybridized carbons (Fsp3) is 0.727. The molecule has 1 aliphatic rings. The SMILES string of the molecule is Cn1nc(NCC2CCCCN2)c(=O)n(C)c1=O. The summed E-state index contributed by atoms with van der Waals surface area (Å²) in [7, 11) is 2.99. The van der Waals surface area contributed by atoms with Crippen LogP contribution in [0.2, 0.25) is 0 Å². The molecule has 1 aliphatic heterocycles. The highest BCUT2D eigenvalue weighted by atomic mass is 16.2. The van der Waals surface area contributed by atoms with E-state index >= 15 is 0 Å². The molecular weight excluding hydrogens is 234 g/mol. The molecule has 2 heterocycles. The van der Waals surface area contributed by atoms with Crippen LogP contribution < -0.4 is 21.9 Å². The first kappa shape index (κ1) is 12.8. The average molecular weight is 253 g/mol. The molecule has 0 amide bonds. The fourth-order valence-electron chi connectivity index (χ4n) is 2.13. The highest BCUT2D eigenvalue weighted by Gasteiger charge is 2.14. The number of rotatable bonds is 3. The van der Waals surface area contributed by atoms with Crippen molar-refractivity contribution in [1.82, 2.24) is 19.7 Å². The van der Waals surface area contributed by atoms with E-state index < -0.39 is 5.69 Å². The third-order valence-corrected chi connectivity index (χ3v) is 3.25. The van der Waals surface area contributed by atoms with E-state index in [0.717, 1.165) is 22.2 Å². The molecule has 0 saturated carbocycles. The molecule has 0 aliphatic carbocycles. The van der Waals surface area contributed by atoms with Crippen LogP contribution in [0.1, 0.15) is 19.3 Å². The van der Waals surface area contributed by atoms with Gasteiger partial charge in [-0.15, -0.1) is 5.10 Å². The van der Waals surface area contributed by atoms with Crippen molar-refractivity contribution >= 4 is 5.82 Å². The molecule has 1 aromatic heterocycles. The number of nitrogens with zero attached hydrogens (tertiary/aromatic N) is 3. The van der Waals surface area contributed by atoms with Gasteiger partial charge in [0.05, 0.1) is 0 Å². The largest absolute Gasteiger partial charge is 0.362 e. The van der Waals surface area contributed by atoms with E-state index in [9.17, 15) is 9.59 Å². The first-order valence-corrected chi connectivity index (χ1v) is 6.21. The number of nitrogens with one attached hydrogen (secondary N) is 2. The predicted octanol–water partition coefficient (Wildman–Crippen LogP) is -0.967. The fourth-order valence-corrected chi connectivity index (χ4v) is 2.13. The Kier molecular flexibility index (Phi) is 3.81. The molecule has 0 spiro atoms. The molecule has 1 aromatic rings. The summed E-state index contributed by atoms with van der Waals surface area (Å²) in [6.45, 7) is 1.67.